The van der Waals surface area contributed by atoms with Crippen molar-refractivity contribution < 1.29 is 4.79 Å². The molecular weight excluding hydrogens is 139 g/mol. The third-order valence-electron chi connectivity index (χ3n) is 2.15. The van der Waals surface area contributed by atoms with Crippen LogP contribution in [-0.2, 0) is 4.79 Å². The fourth-order valence-electron chi connectivity index (χ4n) is 0.919. The SMILES string of the molecule is CCC(C)C([15NH2])C(=O)C(C)C. The standard InChI is InChI=1S/C9H19NO/c1-5-7(4)8(10)9(11)6(2)3/h6-8H,5,10H2,1-4H3/i10+1. The molecule has 0 saturated heterocycles. The van der Waals surface area contributed by atoms with Crippen molar-refractivity contribution in [2.24, 2.45) is 17.6 Å². The van der Waals surface area contributed by atoms with Crippen LogP contribution >= 0.6 is 0 Å². The number of rotatable bonds is 4. The van der Waals surface area contributed by atoms with E-state index in [4.69, 9.17) is 5.73 Å². The zero-order chi connectivity index (χ0) is 9.02. The summed E-state index contributed by atoms with van der Waals surface area (Å²) in [5.41, 5.74) is 5.72. The molecule has 2 nitrogen and oxygen atoms in total. The van der Waals surface area contributed by atoms with Crippen LogP contribution in [0, 0.1) is 11.8 Å². The van der Waals surface area contributed by atoms with Gasteiger partial charge in [0.15, 0.2) is 5.78 Å². The maximum Gasteiger partial charge on any atom is 0.152 e. The van der Waals surface area contributed by atoms with Crippen LogP contribution in [0.2, 0.25) is 0 Å². The largest absolute Gasteiger partial charge is 0.321 e. The maximum atomic E-state index is 11.3. The van der Waals surface area contributed by atoms with E-state index in [1.165, 1.54) is 0 Å². The average Bonchev–Trinajstić information content (AvgIpc) is 2.00. The van der Waals surface area contributed by atoms with Gasteiger partial charge in [0.25, 0.3) is 0 Å². The highest BCUT2D eigenvalue weighted by Gasteiger charge is 2.21. The third-order valence-corrected chi connectivity index (χ3v) is 2.15. The minimum absolute atomic E-state index is 0.0685. The maximum absolute atomic E-state index is 11.3. The van der Waals surface area contributed by atoms with E-state index in [2.05, 4.69) is 6.92 Å². The molecular formula is C9H19NO. The van der Waals surface area contributed by atoms with Gasteiger partial charge in [-0.25, -0.2) is 0 Å². The van der Waals surface area contributed by atoms with Gasteiger partial charge in [-0.15, -0.1) is 0 Å². The van der Waals surface area contributed by atoms with Gasteiger partial charge >= 0.3 is 0 Å². The van der Waals surface area contributed by atoms with E-state index >= 15 is 0 Å². The fraction of sp³-hybridized carbons (Fsp3) is 0.889. The molecule has 2 heteroatoms. The van der Waals surface area contributed by atoms with Gasteiger partial charge in [-0.3, -0.25) is 4.79 Å². The Morgan fingerprint density at radius 2 is 1.82 bits per heavy atom. The summed E-state index contributed by atoms with van der Waals surface area (Å²) < 4.78 is 0. The highest BCUT2D eigenvalue weighted by molar-refractivity contribution is 5.85. The summed E-state index contributed by atoms with van der Waals surface area (Å²) in [4.78, 5) is 11.3. The Balaban J connectivity index is 4.02. The number of carbonyl (C=O) groups is 1. The summed E-state index contributed by atoms with van der Waals surface area (Å²) in [6, 6.07) is -0.264. The van der Waals surface area contributed by atoms with Gasteiger partial charge in [-0.2, -0.15) is 0 Å². The lowest BCUT2D eigenvalue weighted by molar-refractivity contribution is -0.124. The molecule has 0 amide bonds. The Hall–Kier alpha value is -0.370. The molecule has 0 aromatic carbocycles. The predicted octanol–water partition coefficient (Wildman–Crippen LogP) is 1.58. The molecule has 0 aliphatic carbocycles. The van der Waals surface area contributed by atoms with Crippen LogP contribution in [0.5, 0.6) is 0 Å². The first kappa shape index (κ1) is 10.6. The summed E-state index contributed by atoms with van der Waals surface area (Å²) in [7, 11) is 0. The number of carbonyl (C=O) groups excluding carboxylic acids is 1. The van der Waals surface area contributed by atoms with Crippen molar-refractivity contribution in [3.63, 3.8) is 0 Å². The Kier molecular flexibility index (Phi) is 4.34. The zero-order valence-electron chi connectivity index (χ0n) is 7.92. The monoisotopic (exact) mass is 158 g/mol. The van der Waals surface area contributed by atoms with E-state index in [0.29, 0.717) is 5.92 Å². The highest BCUT2D eigenvalue weighted by Crippen LogP contribution is 2.10. The topological polar surface area (TPSA) is 43.1 Å². The van der Waals surface area contributed by atoms with E-state index in [9.17, 15) is 4.79 Å². The minimum Gasteiger partial charge on any atom is -0.321 e. The number of hydrogen-bond acceptors (Lipinski definition) is 2. The van der Waals surface area contributed by atoms with E-state index in [0.717, 1.165) is 6.42 Å². The average molecular weight is 158 g/mol. The number of ketones is 1. The molecule has 0 fully saturated rings. The van der Waals surface area contributed by atoms with E-state index in [1.807, 2.05) is 20.8 Å². The first-order valence-corrected chi connectivity index (χ1v) is 4.30. The van der Waals surface area contributed by atoms with Crippen molar-refractivity contribution in [2.45, 2.75) is 40.2 Å². The molecule has 0 radical (unpaired) electrons. The van der Waals surface area contributed by atoms with E-state index in [-0.39, 0.29) is 17.7 Å². The molecule has 66 valence electrons. The fourth-order valence-corrected chi connectivity index (χ4v) is 0.919. The van der Waals surface area contributed by atoms with Gasteiger partial charge in [0.2, 0.25) is 0 Å². The molecule has 11 heavy (non-hydrogen) atoms. The highest BCUT2D eigenvalue weighted by atomic mass is 16.1. The molecule has 0 heterocycles. The molecule has 0 rings (SSSR count). The van der Waals surface area contributed by atoms with Crippen LogP contribution in [0.25, 0.3) is 0 Å². The molecule has 0 aliphatic heterocycles. The summed E-state index contributed by atoms with van der Waals surface area (Å²) in [6.45, 7) is 7.86. The Morgan fingerprint density at radius 1 is 1.36 bits per heavy atom. The second-order valence-electron chi connectivity index (χ2n) is 3.47. The van der Waals surface area contributed by atoms with Crippen LogP contribution < -0.4 is 5.73 Å². The molecule has 2 N–H and O–H groups in total. The first-order chi connectivity index (χ1) is 5.00. The van der Waals surface area contributed by atoms with Crippen molar-refractivity contribution in [3.8, 4) is 0 Å². The Bertz CT molecular complexity index is 132. The number of Topliss-reactive ketones (excluding diaryl/α,β-unsaturated/α-hetero) is 1. The summed E-state index contributed by atoms with van der Waals surface area (Å²) in [6.07, 6.45) is 0.972. The minimum atomic E-state index is -0.264. The van der Waals surface area contributed by atoms with E-state index < -0.39 is 0 Å². The lowest BCUT2D eigenvalue weighted by Gasteiger charge is -2.18. The van der Waals surface area contributed by atoms with Crippen molar-refractivity contribution in [1.29, 1.82) is 0 Å². The molecule has 0 aliphatic rings. The lowest BCUT2D eigenvalue weighted by atomic mass is 9.92. The quantitative estimate of drug-likeness (QED) is 0.631. The molecule has 0 saturated carbocycles. The van der Waals surface area contributed by atoms with Gasteiger partial charge in [0.1, 0.15) is 0 Å². The van der Waals surface area contributed by atoms with Crippen molar-refractivity contribution in [1.82, 2.24) is 0 Å². The van der Waals surface area contributed by atoms with E-state index in [1.54, 1.807) is 0 Å². The molecule has 2 atom stereocenters. The summed E-state index contributed by atoms with van der Waals surface area (Å²) >= 11 is 0. The molecule has 2 unspecified atom stereocenters. The van der Waals surface area contributed by atoms with Crippen LogP contribution in [0.4, 0.5) is 0 Å². The van der Waals surface area contributed by atoms with Crippen LogP contribution in [0.3, 0.4) is 0 Å². The van der Waals surface area contributed by atoms with Gasteiger partial charge in [0, 0.05) is 5.92 Å². The van der Waals surface area contributed by atoms with Crippen molar-refractivity contribution in [3.05, 3.63) is 0 Å². The first-order valence-electron chi connectivity index (χ1n) is 4.30. The van der Waals surface area contributed by atoms with Gasteiger partial charge < -0.3 is 5.73 Å². The third kappa shape index (κ3) is 3.02. The smallest absolute Gasteiger partial charge is 0.152 e. The summed E-state index contributed by atoms with van der Waals surface area (Å²) in [5.74, 6) is 0.559. The Morgan fingerprint density at radius 3 is 2.09 bits per heavy atom. The molecule has 0 aromatic rings. The van der Waals surface area contributed by atoms with Crippen LogP contribution in [0.15, 0.2) is 0 Å². The van der Waals surface area contributed by atoms with Gasteiger partial charge in [-0.1, -0.05) is 34.1 Å². The summed E-state index contributed by atoms with van der Waals surface area (Å²) in [5, 5.41) is 0. The van der Waals surface area contributed by atoms with Crippen LogP contribution in [0.1, 0.15) is 34.1 Å². The second kappa shape index (κ2) is 4.50. The lowest BCUT2D eigenvalue weighted by Crippen LogP contribution is -2.39. The Labute approximate surface area is 69.2 Å². The number of hydrogen-bond donors (Lipinski definition) is 1. The molecule has 0 spiro atoms. The molecule has 0 aromatic heterocycles. The zero-order valence-corrected chi connectivity index (χ0v) is 7.92. The molecule has 0 bridgehead atoms. The van der Waals surface area contributed by atoms with Gasteiger partial charge in [-0.05, 0) is 5.92 Å². The van der Waals surface area contributed by atoms with Crippen molar-refractivity contribution in [2.75, 3.05) is 0 Å². The predicted molar refractivity (Wildman–Crippen MR) is 47.3 cm³/mol. The van der Waals surface area contributed by atoms with Crippen LogP contribution in [-0.4, -0.2) is 11.8 Å². The van der Waals surface area contributed by atoms with Crippen molar-refractivity contribution >= 4 is 5.78 Å². The normalized spacial score (nSPS) is 16.5. The second-order valence-corrected chi connectivity index (χ2v) is 3.47. The van der Waals surface area contributed by atoms with Gasteiger partial charge in [0.05, 0.1) is 6.04 Å². The number of nitrogens with two attached hydrogens (primary N) is 1.